The lowest BCUT2D eigenvalue weighted by molar-refractivity contribution is -0.126. The molecule has 7 heteroatoms. The first-order valence-electron chi connectivity index (χ1n) is 10.1. The summed E-state index contributed by atoms with van der Waals surface area (Å²) in [6.07, 6.45) is 5.60. The normalized spacial score (nSPS) is 16.1. The predicted octanol–water partition coefficient (Wildman–Crippen LogP) is 2.73. The third kappa shape index (κ3) is 4.25. The molecule has 1 aliphatic heterocycles. The number of carbonyl (C=O) groups is 2. The largest absolute Gasteiger partial charge is 0.354 e. The molecule has 3 heterocycles. The topological polar surface area (TPSA) is 80.1 Å². The zero-order chi connectivity index (χ0) is 21.1. The second-order valence-corrected chi connectivity index (χ2v) is 7.66. The lowest BCUT2D eigenvalue weighted by Gasteiger charge is -2.18. The number of nitrogens with one attached hydrogen (secondary N) is 1. The summed E-state index contributed by atoms with van der Waals surface area (Å²) >= 11 is 0. The van der Waals surface area contributed by atoms with E-state index in [2.05, 4.69) is 15.4 Å². The Kier molecular flexibility index (Phi) is 5.61. The summed E-state index contributed by atoms with van der Waals surface area (Å²) in [4.78, 5) is 30.8. The monoisotopic (exact) mass is 403 g/mol. The maximum absolute atomic E-state index is 12.6. The van der Waals surface area contributed by atoms with E-state index in [1.54, 1.807) is 22.0 Å². The van der Waals surface area contributed by atoms with Crippen molar-refractivity contribution in [3.8, 4) is 11.3 Å². The molecule has 7 nitrogen and oxygen atoms in total. The van der Waals surface area contributed by atoms with E-state index in [0.717, 1.165) is 22.5 Å². The van der Waals surface area contributed by atoms with Crippen LogP contribution in [0.15, 0.2) is 55.0 Å². The Morgan fingerprint density at radius 1 is 1.13 bits per heavy atom. The Bertz CT molecular complexity index is 1060. The number of rotatable bonds is 6. The van der Waals surface area contributed by atoms with Crippen LogP contribution in [-0.4, -0.2) is 39.7 Å². The maximum atomic E-state index is 12.6. The number of aromatic nitrogens is 3. The Morgan fingerprint density at radius 2 is 1.93 bits per heavy atom. The van der Waals surface area contributed by atoms with Crippen LogP contribution < -0.4 is 10.2 Å². The molecule has 1 N–H and O–H groups in total. The van der Waals surface area contributed by atoms with E-state index in [0.29, 0.717) is 19.6 Å². The third-order valence-corrected chi connectivity index (χ3v) is 5.55. The lowest BCUT2D eigenvalue weighted by atomic mass is 10.1. The summed E-state index contributed by atoms with van der Waals surface area (Å²) in [6, 6.07) is 11.7. The quantitative estimate of drug-likeness (QED) is 0.686. The summed E-state index contributed by atoms with van der Waals surface area (Å²) < 4.78 is 1.80. The van der Waals surface area contributed by atoms with Crippen LogP contribution in [0.5, 0.6) is 0 Å². The van der Waals surface area contributed by atoms with Crippen molar-refractivity contribution in [1.82, 2.24) is 20.1 Å². The summed E-state index contributed by atoms with van der Waals surface area (Å²) in [5.41, 5.74) is 5.06. The molecule has 1 aromatic carbocycles. The number of hydrogen-bond donors (Lipinski definition) is 1. The zero-order valence-corrected chi connectivity index (χ0v) is 17.2. The standard InChI is InChI=1S/C23H25N5O2/c1-16-3-4-20(13-17(16)2)28-15-19(14-22(28)29)23(30)25-10-12-27-11-7-21(26-27)18-5-8-24-9-6-18/h3-9,11,13,19H,10,12,14-15H2,1-2H3,(H,25,30). The lowest BCUT2D eigenvalue weighted by Crippen LogP contribution is -2.34. The van der Waals surface area contributed by atoms with Crippen LogP contribution in [0.2, 0.25) is 0 Å². The molecule has 0 radical (unpaired) electrons. The van der Waals surface area contributed by atoms with Gasteiger partial charge in [-0.05, 0) is 55.3 Å². The van der Waals surface area contributed by atoms with Crippen LogP contribution in [0.3, 0.4) is 0 Å². The third-order valence-electron chi connectivity index (χ3n) is 5.55. The van der Waals surface area contributed by atoms with Gasteiger partial charge < -0.3 is 10.2 Å². The number of carbonyl (C=O) groups excluding carboxylic acids is 2. The first-order valence-corrected chi connectivity index (χ1v) is 10.1. The molecule has 4 rings (SSSR count). The average Bonchev–Trinajstić information content (AvgIpc) is 3.38. The van der Waals surface area contributed by atoms with E-state index in [-0.39, 0.29) is 24.2 Å². The van der Waals surface area contributed by atoms with Gasteiger partial charge in [-0.1, -0.05) is 6.07 Å². The number of benzene rings is 1. The van der Waals surface area contributed by atoms with Gasteiger partial charge in [0.25, 0.3) is 0 Å². The summed E-state index contributed by atoms with van der Waals surface area (Å²) in [5, 5.41) is 7.48. The van der Waals surface area contributed by atoms with Crippen LogP contribution in [-0.2, 0) is 16.1 Å². The van der Waals surface area contributed by atoms with Crippen LogP contribution in [0.1, 0.15) is 17.5 Å². The maximum Gasteiger partial charge on any atom is 0.227 e. The van der Waals surface area contributed by atoms with Gasteiger partial charge in [0.15, 0.2) is 0 Å². The molecule has 30 heavy (non-hydrogen) atoms. The Hall–Kier alpha value is -3.48. The van der Waals surface area contributed by atoms with E-state index in [4.69, 9.17) is 0 Å². The number of nitrogens with zero attached hydrogens (tertiary/aromatic N) is 4. The van der Waals surface area contributed by atoms with Gasteiger partial charge in [-0.15, -0.1) is 0 Å². The number of pyridine rings is 1. The van der Waals surface area contributed by atoms with Gasteiger partial charge in [-0.3, -0.25) is 19.3 Å². The van der Waals surface area contributed by atoms with Crippen LogP contribution >= 0.6 is 0 Å². The van der Waals surface area contributed by atoms with Crippen molar-refractivity contribution in [1.29, 1.82) is 0 Å². The SMILES string of the molecule is Cc1ccc(N2CC(C(=O)NCCn3ccc(-c4ccncc4)n3)CC2=O)cc1C. The highest BCUT2D eigenvalue weighted by atomic mass is 16.2. The first-order chi connectivity index (χ1) is 14.5. The van der Waals surface area contributed by atoms with E-state index in [1.807, 2.05) is 56.4 Å². The number of aryl methyl sites for hydroxylation is 2. The fourth-order valence-corrected chi connectivity index (χ4v) is 3.63. The molecule has 2 aromatic heterocycles. The second-order valence-electron chi connectivity index (χ2n) is 7.66. The molecule has 1 aliphatic rings. The molecule has 0 saturated carbocycles. The molecular weight excluding hydrogens is 378 g/mol. The number of anilines is 1. The van der Waals surface area contributed by atoms with Gasteiger partial charge in [0, 0.05) is 49.4 Å². The highest BCUT2D eigenvalue weighted by molar-refractivity contribution is 6.00. The highest BCUT2D eigenvalue weighted by Gasteiger charge is 2.35. The fourth-order valence-electron chi connectivity index (χ4n) is 3.63. The average molecular weight is 403 g/mol. The number of amides is 2. The van der Waals surface area contributed by atoms with Crippen molar-refractivity contribution in [2.75, 3.05) is 18.0 Å². The molecular formula is C23H25N5O2. The summed E-state index contributed by atoms with van der Waals surface area (Å²) in [5.74, 6) is -0.423. The molecule has 154 valence electrons. The molecule has 1 atom stereocenters. The van der Waals surface area contributed by atoms with Gasteiger partial charge in [0.05, 0.1) is 18.2 Å². The molecule has 1 fully saturated rings. The minimum Gasteiger partial charge on any atom is -0.354 e. The highest BCUT2D eigenvalue weighted by Crippen LogP contribution is 2.27. The Labute approximate surface area is 175 Å². The van der Waals surface area contributed by atoms with Crippen molar-refractivity contribution in [3.63, 3.8) is 0 Å². The van der Waals surface area contributed by atoms with E-state index >= 15 is 0 Å². The minimum atomic E-state index is -0.330. The molecule has 1 saturated heterocycles. The second kappa shape index (κ2) is 8.49. The molecule has 1 unspecified atom stereocenters. The van der Waals surface area contributed by atoms with Gasteiger partial charge >= 0.3 is 0 Å². The van der Waals surface area contributed by atoms with Crippen LogP contribution in [0.25, 0.3) is 11.3 Å². The Morgan fingerprint density at radius 3 is 2.70 bits per heavy atom. The van der Waals surface area contributed by atoms with Gasteiger partial charge in [0.2, 0.25) is 11.8 Å². The van der Waals surface area contributed by atoms with Crippen molar-refractivity contribution in [2.45, 2.75) is 26.8 Å². The van der Waals surface area contributed by atoms with Crippen molar-refractivity contribution < 1.29 is 9.59 Å². The summed E-state index contributed by atoms with van der Waals surface area (Å²) in [7, 11) is 0. The van der Waals surface area contributed by atoms with Gasteiger partial charge in [-0.2, -0.15) is 5.10 Å². The van der Waals surface area contributed by atoms with E-state index in [9.17, 15) is 9.59 Å². The first kappa shape index (κ1) is 19.8. The van der Waals surface area contributed by atoms with E-state index in [1.165, 1.54) is 5.56 Å². The number of hydrogen-bond acceptors (Lipinski definition) is 4. The molecule has 0 aliphatic carbocycles. The van der Waals surface area contributed by atoms with Crippen LogP contribution in [0, 0.1) is 19.8 Å². The molecule has 2 amide bonds. The molecule has 3 aromatic rings. The fraction of sp³-hybridized carbons (Fsp3) is 0.304. The van der Waals surface area contributed by atoms with Gasteiger partial charge in [0.1, 0.15) is 0 Å². The van der Waals surface area contributed by atoms with Crippen molar-refractivity contribution in [3.05, 3.63) is 66.1 Å². The zero-order valence-electron chi connectivity index (χ0n) is 17.2. The minimum absolute atomic E-state index is 0.00697. The van der Waals surface area contributed by atoms with E-state index < -0.39 is 0 Å². The molecule has 0 bridgehead atoms. The summed E-state index contributed by atoms with van der Waals surface area (Å²) in [6.45, 7) is 5.52. The predicted molar refractivity (Wildman–Crippen MR) is 115 cm³/mol. The van der Waals surface area contributed by atoms with Crippen molar-refractivity contribution >= 4 is 17.5 Å². The van der Waals surface area contributed by atoms with Crippen LogP contribution in [0.4, 0.5) is 5.69 Å². The van der Waals surface area contributed by atoms with Crippen molar-refractivity contribution in [2.24, 2.45) is 5.92 Å². The van der Waals surface area contributed by atoms with Gasteiger partial charge in [-0.25, -0.2) is 0 Å². The Balaban J connectivity index is 1.30. The molecule has 0 spiro atoms. The smallest absolute Gasteiger partial charge is 0.227 e.